The second kappa shape index (κ2) is 9.98. The first kappa shape index (κ1) is 21.4. The van der Waals surface area contributed by atoms with Crippen molar-refractivity contribution in [2.24, 2.45) is 0 Å². The highest BCUT2D eigenvalue weighted by atomic mass is 32.2. The fourth-order valence-electron chi connectivity index (χ4n) is 3.43. The molecule has 0 unspecified atom stereocenters. The van der Waals surface area contributed by atoms with Crippen LogP contribution in [0.1, 0.15) is 12.0 Å². The lowest BCUT2D eigenvalue weighted by molar-refractivity contribution is 0.0375. The van der Waals surface area contributed by atoms with Crippen molar-refractivity contribution in [2.45, 2.75) is 18.2 Å². The van der Waals surface area contributed by atoms with Crippen LogP contribution in [0.4, 0.5) is 0 Å². The second-order valence-corrected chi connectivity index (χ2v) is 9.57. The molecule has 156 valence electrons. The standard InChI is InChI=1S/C19H30N4O3S2/c1-17-3-5-18(6-4-17)28(24,25)23-11-9-22(10-12-23)19(27)20-7-2-8-21-13-15-26-16-14-21/h3-6H,2,7-16H2,1H3,(H,20,27). The molecule has 2 aliphatic heterocycles. The number of nitrogens with zero attached hydrogens (tertiary/aromatic N) is 3. The molecule has 2 heterocycles. The molecule has 0 atom stereocenters. The first-order chi connectivity index (χ1) is 13.5. The zero-order chi connectivity index (χ0) is 20.0. The van der Waals surface area contributed by atoms with Crippen LogP contribution in [0.5, 0.6) is 0 Å². The van der Waals surface area contributed by atoms with Crippen molar-refractivity contribution >= 4 is 27.4 Å². The second-order valence-electron chi connectivity index (χ2n) is 7.24. The van der Waals surface area contributed by atoms with Crippen molar-refractivity contribution in [3.63, 3.8) is 0 Å². The summed E-state index contributed by atoms with van der Waals surface area (Å²) in [7, 11) is -3.43. The van der Waals surface area contributed by atoms with Crippen molar-refractivity contribution in [2.75, 3.05) is 65.6 Å². The SMILES string of the molecule is Cc1ccc(S(=O)(=O)N2CCN(C(=S)NCCCN3CCOCC3)CC2)cc1. The van der Waals surface area contributed by atoms with E-state index in [0.29, 0.717) is 31.1 Å². The summed E-state index contributed by atoms with van der Waals surface area (Å²) >= 11 is 5.50. The molecule has 2 saturated heterocycles. The number of aryl methyl sites for hydroxylation is 1. The molecule has 1 N–H and O–H groups in total. The first-order valence-corrected chi connectivity index (χ1v) is 11.7. The van der Waals surface area contributed by atoms with E-state index in [1.807, 2.05) is 19.1 Å². The Hall–Kier alpha value is -1.26. The molecular weight excluding hydrogens is 396 g/mol. The number of ether oxygens (including phenoxy) is 1. The Labute approximate surface area is 173 Å². The summed E-state index contributed by atoms with van der Waals surface area (Å²) in [5.74, 6) is 0. The summed E-state index contributed by atoms with van der Waals surface area (Å²) in [4.78, 5) is 4.82. The van der Waals surface area contributed by atoms with E-state index >= 15 is 0 Å². The molecule has 2 fully saturated rings. The van der Waals surface area contributed by atoms with E-state index in [0.717, 1.165) is 56.5 Å². The maximum Gasteiger partial charge on any atom is 0.243 e. The smallest absolute Gasteiger partial charge is 0.243 e. The molecule has 0 aliphatic carbocycles. The Morgan fingerprint density at radius 2 is 1.71 bits per heavy atom. The highest BCUT2D eigenvalue weighted by Gasteiger charge is 2.29. The zero-order valence-electron chi connectivity index (χ0n) is 16.5. The van der Waals surface area contributed by atoms with Gasteiger partial charge in [-0.2, -0.15) is 4.31 Å². The fourth-order valence-corrected chi connectivity index (χ4v) is 5.13. The largest absolute Gasteiger partial charge is 0.379 e. The molecule has 0 amide bonds. The van der Waals surface area contributed by atoms with Crippen LogP contribution in [-0.2, 0) is 14.8 Å². The highest BCUT2D eigenvalue weighted by molar-refractivity contribution is 7.89. The van der Waals surface area contributed by atoms with E-state index in [9.17, 15) is 8.42 Å². The minimum absolute atomic E-state index is 0.357. The monoisotopic (exact) mass is 426 g/mol. The van der Waals surface area contributed by atoms with Crippen molar-refractivity contribution in [3.8, 4) is 0 Å². The lowest BCUT2D eigenvalue weighted by Crippen LogP contribution is -2.53. The van der Waals surface area contributed by atoms with E-state index < -0.39 is 10.0 Å². The molecule has 9 heteroatoms. The van der Waals surface area contributed by atoms with E-state index in [1.54, 1.807) is 16.4 Å². The van der Waals surface area contributed by atoms with E-state index in [2.05, 4.69) is 15.1 Å². The lowest BCUT2D eigenvalue weighted by atomic mass is 10.2. The van der Waals surface area contributed by atoms with Crippen LogP contribution in [0, 0.1) is 6.92 Å². The number of thiocarbonyl (C=S) groups is 1. The zero-order valence-corrected chi connectivity index (χ0v) is 18.1. The number of sulfonamides is 1. The van der Waals surface area contributed by atoms with Crippen molar-refractivity contribution in [1.29, 1.82) is 0 Å². The molecule has 2 aliphatic rings. The summed E-state index contributed by atoms with van der Waals surface area (Å²) in [5.41, 5.74) is 1.05. The van der Waals surface area contributed by atoms with Crippen LogP contribution in [0.2, 0.25) is 0 Å². The minimum Gasteiger partial charge on any atom is -0.379 e. The van der Waals surface area contributed by atoms with E-state index in [1.165, 1.54) is 0 Å². The van der Waals surface area contributed by atoms with Gasteiger partial charge in [0.25, 0.3) is 0 Å². The normalized spacial score (nSPS) is 19.5. The van der Waals surface area contributed by atoms with Gasteiger partial charge in [0.2, 0.25) is 10.0 Å². The number of benzene rings is 1. The van der Waals surface area contributed by atoms with Crippen LogP contribution in [0.3, 0.4) is 0 Å². The topological polar surface area (TPSA) is 65.1 Å². The van der Waals surface area contributed by atoms with Crippen LogP contribution in [0.25, 0.3) is 0 Å². The average molecular weight is 427 g/mol. The molecule has 1 aromatic carbocycles. The third-order valence-electron chi connectivity index (χ3n) is 5.22. The van der Waals surface area contributed by atoms with Gasteiger partial charge in [0.05, 0.1) is 18.1 Å². The summed E-state index contributed by atoms with van der Waals surface area (Å²) in [5, 5.41) is 4.03. The van der Waals surface area contributed by atoms with Gasteiger partial charge in [-0.3, -0.25) is 4.90 Å². The molecule has 28 heavy (non-hydrogen) atoms. The molecule has 0 spiro atoms. The van der Waals surface area contributed by atoms with Gasteiger partial charge in [-0.1, -0.05) is 17.7 Å². The number of piperazine rings is 1. The van der Waals surface area contributed by atoms with Crippen LogP contribution >= 0.6 is 12.2 Å². The molecule has 7 nitrogen and oxygen atoms in total. The van der Waals surface area contributed by atoms with Gasteiger partial charge < -0.3 is 15.0 Å². The average Bonchev–Trinajstić information content (AvgIpc) is 2.72. The van der Waals surface area contributed by atoms with Crippen LogP contribution in [0.15, 0.2) is 29.2 Å². The molecule has 0 bridgehead atoms. The van der Waals surface area contributed by atoms with Crippen molar-refractivity contribution < 1.29 is 13.2 Å². The fraction of sp³-hybridized carbons (Fsp3) is 0.632. The molecular formula is C19H30N4O3S2. The predicted octanol–water partition coefficient (Wildman–Crippen LogP) is 0.898. The Morgan fingerprint density at radius 1 is 1.07 bits per heavy atom. The molecule has 3 rings (SSSR count). The molecule has 0 radical (unpaired) electrons. The molecule has 0 aromatic heterocycles. The van der Waals surface area contributed by atoms with Gasteiger partial charge >= 0.3 is 0 Å². The molecule has 0 saturated carbocycles. The van der Waals surface area contributed by atoms with Gasteiger partial charge in [-0.25, -0.2) is 8.42 Å². The quantitative estimate of drug-likeness (QED) is 0.536. The Morgan fingerprint density at radius 3 is 2.36 bits per heavy atom. The number of rotatable bonds is 6. The highest BCUT2D eigenvalue weighted by Crippen LogP contribution is 2.18. The van der Waals surface area contributed by atoms with Crippen LogP contribution < -0.4 is 5.32 Å². The Kier molecular flexibility index (Phi) is 7.64. The minimum atomic E-state index is -3.43. The maximum absolute atomic E-state index is 12.8. The number of hydrogen-bond donors (Lipinski definition) is 1. The van der Waals surface area contributed by atoms with E-state index in [-0.39, 0.29) is 0 Å². The van der Waals surface area contributed by atoms with Crippen molar-refractivity contribution in [1.82, 2.24) is 19.4 Å². The third kappa shape index (κ3) is 5.64. The Balaban J connectivity index is 1.40. The first-order valence-electron chi connectivity index (χ1n) is 9.86. The number of morpholine rings is 1. The summed E-state index contributed by atoms with van der Waals surface area (Å²) in [6.07, 6.45) is 1.03. The van der Waals surface area contributed by atoms with Gasteiger partial charge in [0.1, 0.15) is 0 Å². The summed E-state index contributed by atoms with van der Waals surface area (Å²) in [6.45, 7) is 9.59. The van der Waals surface area contributed by atoms with Gasteiger partial charge in [-0.05, 0) is 44.2 Å². The van der Waals surface area contributed by atoms with Crippen molar-refractivity contribution in [3.05, 3.63) is 29.8 Å². The molecule has 1 aromatic rings. The Bertz CT molecular complexity index is 741. The summed E-state index contributed by atoms with van der Waals surface area (Å²) < 4.78 is 32.5. The van der Waals surface area contributed by atoms with Crippen LogP contribution in [-0.4, -0.2) is 93.2 Å². The predicted molar refractivity (Wildman–Crippen MR) is 114 cm³/mol. The van der Waals surface area contributed by atoms with E-state index in [4.69, 9.17) is 17.0 Å². The number of hydrogen-bond acceptors (Lipinski definition) is 5. The maximum atomic E-state index is 12.8. The lowest BCUT2D eigenvalue weighted by Gasteiger charge is -2.35. The third-order valence-corrected chi connectivity index (χ3v) is 7.53. The van der Waals surface area contributed by atoms with Gasteiger partial charge in [-0.15, -0.1) is 0 Å². The summed E-state index contributed by atoms with van der Waals surface area (Å²) in [6, 6.07) is 7.02. The van der Waals surface area contributed by atoms with Gasteiger partial charge in [0.15, 0.2) is 5.11 Å². The van der Waals surface area contributed by atoms with Gasteiger partial charge in [0, 0.05) is 45.8 Å². The number of nitrogens with one attached hydrogen (secondary N) is 1.